The Hall–Kier alpha value is -2.24. The predicted molar refractivity (Wildman–Crippen MR) is 53.6 cm³/mol. The zero-order chi connectivity index (χ0) is 11.0. The van der Waals surface area contributed by atoms with Gasteiger partial charge in [0.05, 0.1) is 16.0 Å². The molecule has 0 saturated heterocycles. The van der Waals surface area contributed by atoms with Gasteiger partial charge in [0.25, 0.3) is 0 Å². The van der Waals surface area contributed by atoms with Gasteiger partial charge in [-0.05, 0) is 12.1 Å². The van der Waals surface area contributed by atoms with Crippen LogP contribution in [0.3, 0.4) is 0 Å². The Bertz CT molecular complexity index is 603. The number of pyridine rings is 2. The summed E-state index contributed by atoms with van der Waals surface area (Å²) in [5.41, 5.74) is -0.0661. The first-order valence-corrected chi connectivity index (χ1v) is 4.20. The molecule has 0 aromatic carbocycles. The summed E-state index contributed by atoms with van der Waals surface area (Å²) in [5, 5.41) is 10.6. The van der Waals surface area contributed by atoms with Gasteiger partial charge in [-0.25, -0.2) is 0 Å². The number of hydrogen-bond donors (Lipinski definition) is 0. The molecule has 0 aliphatic carbocycles. The van der Waals surface area contributed by atoms with Crippen molar-refractivity contribution in [3.63, 3.8) is 0 Å². The molecule has 0 spiro atoms. The van der Waals surface area contributed by atoms with Crippen LogP contribution in [0.2, 0.25) is 0 Å². The summed E-state index contributed by atoms with van der Waals surface area (Å²) < 4.78 is 1.22. The molecule has 0 amide bonds. The van der Waals surface area contributed by atoms with E-state index in [2.05, 4.69) is 4.98 Å². The molecule has 0 aliphatic heterocycles. The topological polar surface area (TPSA) is 78.0 Å². The molecule has 76 valence electrons. The SMILES string of the molecule is Cn1c(=O)c([N+](=O)[O-])cc2ncccc21. The van der Waals surface area contributed by atoms with E-state index in [1.54, 1.807) is 12.1 Å². The maximum absolute atomic E-state index is 11.5. The molecule has 6 nitrogen and oxygen atoms in total. The zero-order valence-electron chi connectivity index (χ0n) is 7.88. The molecule has 6 heteroatoms. The lowest BCUT2D eigenvalue weighted by atomic mass is 10.3. The number of hydrogen-bond acceptors (Lipinski definition) is 4. The first-order valence-electron chi connectivity index (χ1n) is 4.20. The number of fused-ring (bicyclic) bond motifs is 1. The molecule has 0 aliphatic rings. The first kappa shape index (κ1) is 9.32. The van der Waals surface area contributed by atoms with E-state index in [0.717, 1.165) is 0 Å². The van der Waals surface area contributed by atoms with Crippen LogP contribution in [0.15, 0.2) is 29.2 Å². The summed E-state index contributed by atoms with van der Waals surface area (Å²) in [7, 11) is 1.49. The molecule has 0 atom stereocenters. The van der Waals surface area contributed by atoms with Crippen LogP contribution in [-0.4, -0.2) is 14.5 Å². The molecule has 0 radical (unpaired) electrons. The van der Waals surface area contributed by atoms with Crippen molar-refractivity contribution in [1.29, 1.82) is 0 Å². The zero-order valence-corrected chi connectivity index (χ0v) is 7.88. The Morgan fingerprint density at radius 2 is 2.27 bits per heavy atom. The van der Waals surface area contributed by atoms with Gasteiger partial charge in [0.2, 0.25) is 0 Å². The molecule has 2 aromatic rings. The summed E-state index contributed by atoms with van der Waals surface area (Å²) in [5.74, 6) is 0. The fraction of sp³-hybridized carbons (Fsp3) is 0.111. The van der Waals surface area contributed by atoms with Gasteiger partial charge in [-0.15, -0.1) is 0 Å². The molecule has 0 N–H and O–H groups in total. The standard InChI is InChI=1S/C9H7N3O3/c1-11-7-3-2-4-10-6(7)5-8(9(11)13)12(14)15/h2-5H,1H3. The smallest absolute Gasteiger partial charge is 0.304 e. The van der Waals surface area contributed by atoms with Crippen molar-refractivity contribution in [2.75, 3.05) is 0 Å². The van der Waals surface area contributed by atoms with Crippen LogP contribution in [0.4, 0.5) is 5.69 Å². The van der Waals surface area contributed by atoms with Crippen LogP contribution in [0.1, 0.15) is 0 Å². The van der Waals surface area contributed by atoms with Gasteiger partial charge in [-0.3, -0.25) is 19.9 Å². The highest BCUT2D eigenvalue weighted by atomic mass is 16.6. The Morgan fingerprint density at radius 1 is 1.53 bits per heavy atom. The molecule has 0 saturated carbocycles. The average molecular weight is 205 g/mol. The van der Waals surface area contributed by atoms with Crippen LogP contribution < -0.4 is 5.56 Å². The van der Waals surface area contributed by atoms with E-state index in [9.17, 15) is 14.9 Å². The maximum Gasteiger partial charge on any atom is 0.336 e. The molecular weight excluding hydrogens is 198 g/mol. The lowest BCUT2D eigenvalue weighted by molar-refractivity contribution is -0.386. The van der Waals surface area contributed by atoms with Gasteiger partial charge in [0.15, 0.2) is 0 Å². The van der Waals surface area contributed by atoms with E-state index in [0.29, 0.717) is 11.0 Å². The molecule has 2 aromatic heterocycles. The molecule has 0 bridgehead atoms. The van der Waals surface area contributed by atoms with Crippen molar-refractivity contribution in [2.45, 2.75) is 0 Å². The Kier molecular flexibility index (Phi) is 1.96. The highest BCUT2D eigenvalue weighted by Gasteiger charge is 2.15. The number of nitrogens with zero attached hydrogens (tertiary/aromatic N) is 3. The van der Waals surface area contributed by atoms with Crippen molar-refractivity contribution in [1.82, 2.24) is 9.55 Å². The summed E-state index contributed by atoms with van der Waals surface area (Å²) in [6.45, 7) is 0. The van der Waals surface area contributed by atoms with Crippen molar-refractivity contribution in [3.8, 4) is 0 Å². The second-order valence-corrected chi connectivity index (χ2v) is 3.06. The minimum absolute atomic E-state index is 0.436. The quantitative estimate of drug-likeness (QED) is 0.510. The Labute approximate surface area is 83.9 Å². The summed E-state index contributed by atoms with van der Waals surface area (Å²) in [6.07, 6.45) is 1.52. The summed E-state index contributed by atoms with van der Waals surface area (Å²) >= 11 is 0. The molecular formula is C9H7N3O3. The van der Waals surface area contributed by atoms with Crippen molar-refractivity contribution in [2.24, 2.45) is 7.05 Å². The minimum atomic E-state index is -0.698. The van der Waals surface area contributed by atoms with Crippen molar-refractivity contribution < 1.29 is 4.92 Å². The van der Waals surface area contributed by atoms with Gasteiger partial charge in [-0.2, -0.15) is 0 Å². The summed E-state index contributed by atoms with van der Waals surface area (Å²) in [6, 6.07) is 4.55. The van der Waals surface area contributed by atoms with Gasteiger partial charge in [0.1, 0.15) is 0 Å². The highest BCUT2D eigenvalue weighted by molar-refractivity contribution is 5.76. The fourth-order valence-corrected chi connectivity index (χ4v) is 1.41. The number of nitro groups is 1. The third kappa shape index (κ3) is 1.35. The van der Waals surface area contributed by atoms with E-state index in [-0.39, 0.29) is 0 Å². The van der Waals surface area contributed by atoms with Crippen LogP contribution in [0.25, 0.3) is 11.0 Å². The second kappa shape index (κ2) is 3.16. The maximum atomic E-state index is 11.5. The molecule has 15 heavy (non-hydrogen) atoms. The average Bonchev–Trinajstić information content (AvgIpc) is 2.23. The Morgan fingerprint density at radius 3 is 2.93 bits per heavy atom. The van der Waals surface area contributed by atoms with Crippen LogP contribution in [0.5, 0.6) is 0 Å². The van der Waals surface area contributed by atoms with Crippen LogP contribution in [-0.2, 0) is 7.05 Å². The van der Waals surface area contributed by atoms with Crippen molar-refractivity contribution >= 4 is 16.7 Å². The number of rotatable bonds is 1. The van der Waals surface area contributed by atoms with Gasteiger partial charge < -0.3 is 4.57 Å². The molecule has 2 rings (SSSR count). The minimum Gasteiger partial charge on any atom is -0.304 e. The molecule has 0 unspecified atom stereocenters. The third-order valence-electron chi connectivity index (χ3n) is 2.17. The van der Waals surface area contributed by atoms with Gasteiger partial charge >= 0.3 is 11.2 Å². The predicted octanol–water partition coefficient (Wildman–Crippen LogP) is 0.842. The second-order valence-electron chi connectivity index (χ2n) is 3.06. The van der Waals surface area contributed by atoms with Crippen LogP contribution >= 0.6 is 0 Å². The fourth-order valence-electron chi connectivity index (χ4n) is 1.41. The Balaban J connectivity index is 2.95. The highest BCUT2D eigenvalue weighted by Crippen LogP contribution is 2.13. The van der Waals surface area contributed by atoms with E-state index in [1.165, 1.54) is 23.9 Å². The lowest BCUT2D eigenvalue weighted by Crippen LogP contribution is -2.20. The monoisotopic (exact) mass is 205 g/mol. The largest absolute Gasteiger partial charge is 0.336 e. The van der Waals surface area contributed by atoms with E-state index in [1.807, 2.05) is 0 Å². The normalized spacial score (nSPS) is 10.5. The van der Waals surface area contributed by atoms with E-state index < -0.39 is 16.2 Å². The van der Waals surface area contributed by atoms with Crippen LogP contribution in [0, 0.1) is 10.1 Å². The van der Waals surface area contributed by atoms with E-state index >= 15 is 0 Å². The number of aromatic nitrogens is 2. The van der Waals surface area contributed by atoms with Crippen molar-refractivity contribution in [3.05, 3.63) is 44.9 Å². The first-order chi connectivity index (χ1) is 7.11. The third-order valence-corrected chi connectivity index (χ3v) is 2.17. The lowest BCUT2D eigenvalue weighted by Gasteiger charge is -2.02. The van der Waals surface area contributed by atoms with Gasteiger partial charge in [0, 0.05) is 19.3 Å². The number of aryl methyl sites for hydroxylation is 1. The molecule has 2 heterocycles. The van der Waals surface area contributed by atoms with E-state index in [4.69, 9.17) is 0 Å². The van der Waals surface area contributed by atoms with Gasteiger partial charge in [-0.1, -0.05) is 0 Å². The summed E-state index contributed by atoms with van der Waals surface area (Å²) in [4.78, 5) is 25.4. The molecule has 0 fully saturated rings.